The minimum atomic E-state index is -0.870. The third kappa shape index (κ3) is 1.77. The largest absolute Gasteiger partial charge is 0.396 e. The molecule has 1 aromatic rings. The van der Waals surface area contributed by atoms with Gasteiger partial charge in [0.2, 0.25) is 0 Å². The van der Waals surface area contributed by atoms with E-state index < -0.39 is 10.8 Å². The van der Waals surface area contributed by atoms with E-state index in [-0.39, 0.29) is 26.4 Å². The van der Waals surface area contributed by atoms with Crippen molar-refractivity contribution in [2.75, 3.05) is 26.4 Å². The highest BCUT2D eigenvalue weighted by atomic mass is 16.3. The maximum Gasteiger partial charge on any atom is 0.0519 e. The molecule has 0 radical (unpaired) electrons. The second-order valence-electron chi connectivity index (χ2n) is 5.32. The highest BCUT2D eigenvalue weighted by molar-refractivity contribution is 5.34. The first-order chi connectivity index (χ1) is 8.67. The lowest BCUT2D eigenvalue weighted by Gasteiger charge is -2.50. The van der Waals surface area contributed by atoms with Crippen molar-refractivity contribution >= 4 is 0 Å². The monoisotopic (exact) mass is 252 g/mol. The summed E-state index contributed by atoms with van der Waals surface area (Å²) in [5, 5.41) is 38.7. The zero-order valence-electron chi connectivity index (χ0n) is 10.3. The molecule has 4 N–H and O–H groups in total. The lowest BCUT2D eigenvalue weighted by atomic mass is 9.55. The van der Waals surface area contributed by atoms with Crippen LogP contribution in [-0.4, -0.2) is 46.9 Å². The first kappa shape index (κ1) is 13.5. The lowest BCUT2D eigenvalue weighted by molar-refractivity contribution is -0.119. The molecule has 0 heterocycles. The van der Waals surface area contributed by atoms with Crippen LogP contribution in [0.1, 0.15) is 11.1 Å². The summed E-state index contributed by atoms with van der Waals surface area (Å²) in [7, 11) is 0. The maximum atomic E-state index is 9.68. The molecular weight excluding hydrogens is 232 g/mol. The van der Waals surface area contributed by atoms with Crippen molar-refractivity contribution in [2.45, 2.75) is 12.8 Å². The Balaban J connectivity index is 2.52. The average Bonchev–Trinajstić information content (AvgIpc) is 2.45. The van der Waals surface area contributed by atoms with Crippen LogP contribution in [-0.2, 0) is 12.8 Å². The summed E-state index contributed by atoms with van der Waals surface area (Å²) < 4.78 is 0. The van der Waals surface area contributed by atoms with E-state index in [1.807, 2.05) is 24.3 Å². The third-order valence-electron chi connectivity index (χ3n) is 4.51. The number of fused-ring (bicyclic) bond motifs is 1. The maximum absolute atomic E-state index is 9.68. The molecule has 0 saturated heterocycles. The Kier molecular flexibility index (Phi) is 3.73. The van der Waals surface area contributed by atoms with Crippen LogP contribution in [0.4, 0.5) is 0 Å². The van der Waals surface area contributed by atoms with Crippen molar-refractivity contribution in [3.63, 3.8) is 0 Å². The zero-order chi connectivity index (χ0) is 13.2. The summed E-state index contributed by atoms with van der Waals surface area (Å²) in [6.45, 7) is -1.00. The molecule has 1 aliphatic rings. The minimum absolute atomic E-state index is 0.251. The minimum Gasteiger partial charge on any atom is -0.396 e. The van der Waals surface area contributed by atoms with E-state index in [2.05, 4.69) is 0 Å². The summed E-state index contributed by atoms with van der Waals surface area (Å²) >= 11 is 0. The van der Waals surface area contributed by atoms with Gasteiger partial charge in [0.25, 0.3) is 0 Å². The van der Waals surface area contributed by atoms with Gasteiger partial charge in [-0.25, -0.2) is 0 Å². The molecule has 0 bridgehead atoms. The predicted octanol–water partition coefficient (Wildman–Crippen LogP) is -0.273. The van der Waals surface area contributed by atoms with E-state index in [0.29, 0.717) is 12.8 Å². The van der Waals surface area contributed by atoms with Crippen molar-refractivity contribution in [2.24, 2.45) is 10.8 Å². The molecule has 0 fully saturated rings. The molecule has 0 aliphatic heterocycles. The molecular formula is C14H20O4. The standard InChI is InChI=1S/C14H20O4/c15-7-13(8-16)5-11-3-1-2-4-12(11)6-14(13,9-17)10-18/h1-4,15-18H,5-10H2. The molecule has 0 saturated carbocycles. The summed E-state index contributed by atoms with van der Waals surface area (Å²) in [6.07, 6.45) is 0.939. The quantitative estimate of drug-likeness (QED) is 0.594. The van der Waals surface area contributed by atoms with Crippen LogP contribution >= 0.6 is 0 Å². The summed E-state index contributed by atoms with van der Waals surface area (Å²) in [4.78, 5) is 0. The second-order valence-corrected chi connectivity index (χ2v) is 5.32. The molecule has 4 heteroatoms. The van der Waals surface area contributed by atoms with Gasteiger partial charge in [0.15, 0.2) is 0 Å². The first-order valence-electron chi connectivity index (χ1n) is 6.17. The Labute approximate surface area is 107 Å². The normalized spacial score (nSPS) is 20.4. The van der Waals surface area contributed by atoms with Gasteiger partial charge in [0, 0.05) is 10.8 Å². The van der Waals surface area contributed by atoms with Gasteiger partial charge >= 0.3 is 0 Å². The van der Waals surface area contributed by atoms with Crippen molar-refractivity contribution in [3.8, 4) is 0 Å². The van der Waals surface area contributed by atoms with Crippen molar-refractivity contribution in [1.82, 2.24) is 0 Å². The predicted molar refractivity (Wildman–Crippen MR) is 67.1 cm³/mol. The van der Waals surface area contributed by atoms with Crippen LogP contribution < -0.4 is 0 Å². The third-order valence-corrected chi connectivity index (χ3v) is 4.51. The SMILES string of the molecule is OCC1(CO)Cc2ccccc2CC1(CO)CO. The topological polar surface area (TPSA) is 80.9 Å². The Morgan fingerprint density at radius 1 is 0.722 bits per heavy atom. The number of hydrogen-bond donors (Lipinski definition) is 4. The van der Waals surface area contributed by atoms with Crippen LogP contribution in [0.3, 0.4) is 0 Å². The summed E-state index contributed by atoms with van der Waals surface area (Å²) in [5.74, 6) is 0. The molecule has 2 rings (SSSR count). The van der Waals surface area contributed by atoms with Crippen LogP contribution in [0, 0.1) is 10.8 Å². The van der Waals surface area contributed by atoms with Gasteiger partial charge in [-0.05, 0) is 24.0 Å². The van der Waals surface area contributed by atoms with Crippen molar-refractivity contribution < 1.29 is 20.4 Å². The molecule has 0 atom stereocenters. The fourth-order valence-electron chi connectivity index (χ4n) is 3.00. The van der Waals surface area contributed by atoms with Crippen molar-refractivity contribution in [1.29, 1.82) is 0 Å². The van der Waals surface area contributed by atoms with Crippen LogP contribution in [0.2, 0.25) is 0 Å². The van der Waals surface area contributed by atoms with E-state index in [4.69, 9.17) is 0 Å². The number of benzene rings is 1. The van der Waals surface area contributed by atoms with Gasteiger partial charge < -0.3 is 20.4 Å². The smallest absolute Gasteiger partial charge is 0.0519 e. The Hall–Kier alpha value is -0.940. The molecule has 1 aromatic carbocycles. The van der Waals surface area contributed by atoms with Crippen LogP contribution in [0.15, 0.2) is 24.3 Å². The van der Waals surface area contributed by atoms with Crippen LogP contribution in [0.25, 0.3) is 0 Å². The molecule has 0 aromatic heterocycles. The van der Waals surface area contributed by atoms with Crippen LogP contribution in [0.5, 0.6) is 0 Å². The molecule has 18 heavy (non-hydrogen) atoms. The fourth-order valence-corrected chi connectivity index (χ4v) is 3.00. The van der Waals surface area contributed by atoms with Gasteiger partial charge in [0.1, 0.15) is 0 Å². The molecule has 0 amide bonds. The molecule has 0 unspecified atom stereocenters. The van der Waals surface area contributed by atoms with E-state index in [0.717, 1.165) is 11.1 Å². The number of hydrogen-bond acceptors (Lipinski definition) is 4. The fraction of sp³-hybridized carbons (Fsp3) is 0.571. The number of aliphatic hydroxyl groups excluding tert-OH is 4. The lowest BCUT2D eigenvalue weighted by Crippen LogP contribution is -2.57. The van der Waals surface area contributed by atoms with Gasteiger partial charge in [0.05, 0.1) is 26.4 Å². The number of rotatable bonds is 4. The highest BCUT2D eigenvalue weighted by Crippen LogP contribution is 2.48. The average molecular weight is 252 g/mol. The molecule has 1 aliphatic carbocycles. The van der Waals surface area contributed by atoms with Gasteiger partial charge in [-0.15, -0.1) is 0 Å². The van der Waals surface area contributed by atoms with E-state index in [1.54, 1.807) is 0 Å². The first-order valence-corrected chi connectivity index (χ1v) is 6.17. The van der Waals surface area contributed by atoms with Gasteiger partial charge in [-0.1, -0.05) is 24.3 Å². The Morgan fingerprint density at radius 2 is 1.06 bits per heavy atom. The Morgan fingerprint density at radius 3 is 1.33 bits per heavy atom. The van der Waals surface area contributed by atoms with E-state index in [9.17, 15) is 20.4 Å². The van der Waals surface area contributed by atoms with Gasteiger partial charge in [-0.2, -0.15) is 0 Å². The molecule has 4 nitrogen and oxygen atoms in total. The van der Waals surface area contributed by atoms with Gasteiger partial charge in [-0.3, -0.25) is 0 Å². The second kappa shape index (κ2) is 4.97. The molecule has 100 valence electrons. The zero-order valence-corrected chi connectivity index (χ0v) is 10.3. The Bertz CT molecular complexity index is 369. The summed E-state index contributed by atoms with van der Waals surface area (Å²) in [5.41, 5.74) is 0.395. The summed E-state index contributed by atoms with van der Waals surface area (Å²) in [6, 6.07) is 7.77. The molecule has 0 spiro atoms. The van der Waals surface area contributed by atoms with E-state index >= 15 is 0 Å². The highest BCUT2D eigenvalue weighted by Gasteiger charge is 2.53. The van der Waals surface area contributed by atoms with E-state index in [1.165, 1.54) is 0 Å². The van der Waals surface area contributed by atoms with Crippen molar-refractivity contribution in [3.05, 3.63) is 35.4 Å². The number of aliphatic hydroxyl groups is 4.